The second kappa shape index (κ2) is 7.11. The van der Waals surface area contributed by atoms with E-state index in [2.05, 4.69) is 39.7 Å². The number of pyridine rings is 1. The van der Waals surface area contributed by atoms with Crippen molar-refractivity contribution >= 4 is 11.8 Å². The molecule has 2 heterocycles. The number of likely N-dealkylation sites (N-methyl/N-ethyl adjacent to an activating group) is 1. The molecule has 8 nitrogen and oxygen atoms in total. The SMILES string of the molecule is CC1Cc2cc(N3CCC(N(C)C)C3)ccc2-c2[nH]c(=O)c(OC(=O)O)c(O)c21. The quantitative estimate of drug-likeness (QED) is 0.681. The first-order valence-corrected chi connectivity index (χ1v) is 9.70. The Labute approximate surface area is 168 Å². The van der Waals surface area contributed by atoms with Crippen molar-refractivity contribution < 1.29 is 19.7 Å². The number of aromatic nitrogens is 1. The van der Waals surface area contributed by atoms with Crippen molar-refractivity contribution in [3.05, 3.63) is 39.7 Å². The van der Waals surface area contributed by atoms with Gasteiger partial charge in [-0.25, -0.2) is 4.79 Å². The number of nitrogens with zero attached hydrogens (tertiary/aromatic N) is 2. The van der Waals surface area contributed by atoms with Crippen LogP contribution < -0.4 is 15.2 Å². The Morgan fingerprint density at radius 2 is 2.10 bits per heavy atom. The predicted octanol–water partition coefficient (Wildman–Crippen LogP) is 2.60. The van der Waals surface area contributed by atoms with Crippen LogP contribution in [0.4, 0.5) is 10.5 Å². The predicted molar refractivity (Wildman–Crippen MR) is 109 cm³/mol. The van der Waals surface area contributed by atoms with E-state index in [1.807, 2.05) is 19.1 Å². The van der Waals surface area contributed by atoms with Crippen LogP contribution in [0.3, 0.4) is 0 Å². The molecule has 1 aromatic carbocycles. The summed E-state index contributed by atoms with van der Waals surface area (Å²) in [5, 5.41) is 19.4. The number of H-pyrrole nitrogens is 1. The first-order valence-electron chi connectivity index (χ1n) is 9.70. The molecular weight excluding hydrogens is 374 g/mol. The van der Waals surface area contributed by atoms with E-state index in [1.165, 1.54) is 0 Å². The highest BCUT2D eigenvalue weighted by Crippen LogP contribution is 2.45. The highest BCUT2D eigenvalue weighted by molar-refractivity contribution is 5.77. The maximum atomic E-state index is 12.3. The number of benzene rings is 1. The van der Waals surface area contributed by atoms with Gasteiger partial charge in [0.1, 0.15) is 0 Å². The fourth-order valence-electron chi connectivity index (χ4n) is 4.48. The highest BCUT2D eigenvalue weighted by Gasteiger charge is 2.31. The monoisotopic (exact) mass is 399 g/mol. The Morgan fingerprint density at radius 1 is 1.34 bits per heavy atom. The van der Waals surface area contributed by atoms with Gasteiger partial charge in [0, 0.05) is 35.9 Å². The third-order valence-electron chi connectivity index (χ3n) is 6.01. The lowest BCUT2D eigenvalue weighted by Gasteiger charge is -2.28. The normalized spacial score (nSPS) is 20.5. The van der Waals surface area contributed by atoms with Gasteiger partial charge in [0.15, 0.2) is 5.75 Å². The minimum Gasteiger partial charge on any atom is -0.504 e. The van der Waals surface area contributed by atoms with Crippen LogP contribution in [0.15, 0.2) is 23.0 Å². The number of ether oxygens (including phenoxy) is 1. The zero-order valence-corrected chi connectivity index (χ0v) is 16.7. The molecular formula is C21H25N3O5. The van der Waals surface area contributed by atoms with E-state index < -0.39 is 23.2 Å². The molecule has 1 aliphatic heterocycles. The molecule has 1 aromatic heterocycles. The number of carboxylic acid groups (broad SMARTS) is 1. The smallest absolute Gasteiger partial charge is 0.504 e. The number of anilines is 1. The molecule has 4 rings (SSSR count). The third-order valence-corrected chi connectivity index (χ3v) is 6.01. The number of hydrogen-bond donors (Lipinski definition) is 3. The molecule has 0 bridgehead atoms. The summed E-state index contributed by atoms with van der Waals surface area (Å²) in [5.41, 5.74) is 3.37. The van der Waals surface area contributed by atoms with Crippen molar-refractivity contribution in [2.45, 2.75) is 31.7 Å². The second-order valence-corrected chi connectivity index (χ2v) is 8.09. The summed E-state index contributed by atoms with van der Waals surface area (Å²) in [7, 11) is 4.20. The van der Waals surface area contributed by atoms with Crippen LogP contribution in [-0.2, 0) is 6.42 Å². The average molecular weight is 399 g/mol. The number of aromatic hydroxyl groups is 1. The summed E-state index contributed by atoms with van der Waals surface area (Å²) < 4.78 is 4.51. The van der Waals surface area contributed by atoms with Crippen LogP contribution in [0.2, 0.25) is 0 Å². The van der Waals surface area contributed by atoms with Crippen molar-refractivity contribution in [3.8, 4) is 22.8 Å². The summed E-state index contributed by atoms with van der Waals surface area (Å²) in [6.45, 7) is 3.92. The number of fused-ring (bicyclic) bond motifs is 3. The molecule has 1 fully saturated rings. The zero-order chi connectivity index (χ0) is 20.9. The third kappa shape index (κ3) is 3.33. The Hall–Kier alpha value is -3.00. The number of aromatic amines is 1. The molecule has 2 aromatic rings. The van der Waals surface area contributed by atoms with Crippen LogP contribution in [-0.4, -0.2) is 59.5 Å². The summed E-state index contributed by atoms with van der Waals surface area (Å²) in [6.07, 6.45) is 0.158. The Balaban J connectivity index is 1.74. The van der Waals surface area contributed by atoms with Crippen molar-refractivity contribution in [2.75, 3.05) is 32.1 Å². The first-order chi connectivity index (χ1) is 13.8. The van der Waals surface area contributed by atoms with E-state index in [-0.39, 0.29) is 5.92 Å². The highest BCUT2D eigenvalue weighted by atomic mass is 16.7. The number of nitrogens with one attached hydrogen (secondary N) is 1. The summed E-state index contributed by atoms with van der Waals surface area (Å²) >= 11 is 0. The molecule has 3 N–H and O–H groups in total. The fraction of sp³-hybridized carbons (Fsp3) is 0.429. The molecule has 154 valence electrons. The van der Waals surface area contributed by atoms with Crippen LogP contribution in [0.25, 0.3) is 11.3 Å². The Bertz CT molecular complexity index is 1030. The minimum absolute atomic E-state index is 0.103. The summed E-state index contributed by atoms with van der Waals surface area (Å²) in [4.78, 5) is 30.5. The van der Waals surface area contributed by atoms with Gasteiger partial charge in [-0.1, -0.05) is 13.0 Å². The molecule has 0 radical (unpaired) electrons. The number of carbonyl (C=O) groups is 1. The molecule has 0 amide bonds. The van der Waals surface area contributed by atoms with E-state index in [0.29, 0.717) is 23.7 Å². The van der Waals surface area contributed by atoms with Crippen LogP contribution >= 0.6 is 0 Å². The molecule has 8 heteroatoms. The van der Waals surface area contributed by atoms with Crippen molar-refractivity contribution in [1.82, 2.24) is 9.88 Å². The van der Waals surface area contributed by atoms with Crippen LogP contribution in [0.1, 0.15) is 30.4 Å². The van der Waals surface area contributed by atoms with Gasteiger partial charge in [-0.05, 0) is 50.6 Å². The van der Waals surface area contributed by atoms with Gasteiger partial charge >= 0.3 is 6.16 Å². The molecule has 29 heavy (non-hydrogen) atoms. The molecule has 1 saturated heterocycles. The molecule has 0 spiro atoms. The summed E-state index contributed by atoms with van der Waals surface area (Å²) in [6, 6.07) is 6.69. The second-order valence-electron chi connectivity index (χ2n) is 8.09. The van der Waals surface area contributed by atoms with Crippen LogP contribution in [0, 0.1) is 0 Å². The van der Waals surface area contributed by atoms with Gasteiger partial charge < -0.3 is 29.7 Å². The van der Waals surface area contributed by atoms with Crippen LogP contribution in [0.5, 0.6) is 11.5 Å². The lowest BCUT2D eigenvalue weighted by molar-refractivity contribution is 0.142. The standard InChI is InChI=1S/C21H25N3O5/c1-11-8-12-9-13(24-7-6-14(10-24)23(2)3)4-5-15(12)17-16(11)18(25)19(20(26)22-17)29-21(27)28/h4-5,9,11,14H,6-8,10H2,1-3H3,(H,27,28)(H2,22,25,26). The van der Waals surface area contributed by atoms with Crippen molar-refractivity contribution in [2.24, 2.45) is 0 Å². The van der Waals surface area contributed by atoms with E-state index in [1.54, 1.807) is 0 Å². The summed E-state index contributed by atoms with van der Waals surface area (Å²) in [5.74, 6) is -1.08. The topological polar surface area (TPSA) is 106 Å². The Kier molecular flexibility index (Phi) is 4.74. The molecule has 1 aliphatic carbocycles. The van der Waals surface area contributed by atoms with E-state index in [9.17, 15) is 14.7 Å². The zero-order valence-electron chi connectivity index (χ0n) is 16.7. The van der Waals surface area contributed by atoms with Gasteiger partial charge in [-0.15, -0.1) is 0 Å². The van der Waals surface area contributed by atoms with Gasteiger partial charge in [0.05, 0.1) is 5.69 Å². The van der Waals surface area contributed by atoms with Gasteiger partial charge in [-0.2, -0.15) is 0 Å². The maximum Gasteiger partial charge on any atom is 0.511 e. The Morgan fingerprint density at radius 3 is 2.76 bits per heavy atom. The first kappa shape index (κ1) is 19.3. The number of rotatable bonds is 3. The molecule has 0 saturated carbocycles. The van der Waals surface area contributed by atoms with Gasteiger partial charge in [0.25, 0.3) is 5.56 Å². The van der Waals surface area contributed by atoms with Crippen molar-refractivity contribution in [1.29, 1.82) is 0 Å². The van der Waals surface area contributed by atoms with Gasteiger partial charge in [-0.3, -0.25) is 4.79 Å². The molecule has 2 unspecified atom stereocenters. The van der Waals surface area contributed by atoms with E-state index in [4.69, 9.17) is 5.11 Å². The van der Waals surface area contributed by atoms with Crippen molar-refractivity contribution in [3.63, 3.8) is 0 Å². The van der Waals surface area contributed by atoms with E-state index >= 15 is 0 Å². The molecule has 2 aliphatic rings. The maximum absolute atomic E-state index is 12.3. The lowest BCUT2D eigenvalue weighted by atomic mass is 9.81. The number of hydrogen-bond acceptors (Lipinski definition) is 6. The molecule has 2 atom stereocenters. The van der Waals surface area contributed by atoms with E-state index in [0.717, 1.165) is 36.3 Å². The lowest BCUT2D eigenvalue weighted by Crippen LogP contribution is -2.31. The fourth-order valence-corrected chi connectivity index (χ4v) is 4.48. The minimum atomic E-state index is -1.64. The largest absolute Gasteiger partial charge is 0.511 e. The average Bonchev–Trinajstić information content (AvgIpc) is 3.14. The van der Waals surface area contributed by atoms with Gasteiger partial charge in [0.2, 0.25) is 5.75 Å².